The lowest BCUT2D eigenvalue weighted by molar-refractivity contribution is 0.0175. The van der Waals surface area contributed by atoms with E-state index in [4.69, 9.17) is 18.5 Å². The van der Waals surface area contributed by atoms with Gasteiger partial charge in [-0.25, -0.2) is 0 Å². The van der Waals surface area contributed by atoms with Crippen LogP contribution in [0.25, 0.3) is 0 Å². The fourth-order valence-corrected chi connectivity index (χ4v) is 3.64. The molecule has 136 valence electrons. The van der Waals surface area contributed by atoms with Crippen molar-refractivity contribution in [3.05, 3.63) is 23.8 Å². The summed E-state index contributed by atoms with van der Waals surface area (Å²) in [4.78, 5) is 7.65. The van der Waals surface area contributed by atoms with Crippen molar-refractivity contribution < 1.29 is 26.9 Å². The molecular weight excluding hydrogens is 348 g/mol. The topological polar surface area (TPSA) is 86.7 Å². The van der Waals surface area contributed by atoms with E-state index in [0.717, 1.165) is 55.3 Å². The highest BCUT2D eigenvalue weighted by molar-refractivity contribution is 7.85. The Morgan fingerprint density at radius 3 is 2.88 bits per heavy atom. The van der Waals surface area contributed by atoms with Crippen LogP contribution in [0.4, 0.5) is 5.69 Å². The van der Waals surface area contributed by atoms with Crippen LogP contribution >= 0.6 is 0 Å². The summed E-state index contributed by atoms with van der Waals surface area (Å²) in [6.07, 6.45) is 0.556. The van der Waals surface area contributed by atoms with Gasteiger partial charge in [0.1, 0.15) is 24.7 Å². The van der Waals surface area contributed by atoms with Crippen molar-refractivity contribution in [1.29, 1.82) is 0 Å². The van der Waals surface area contributed by atoms with E-state index in [-0.39, 0.29) is 12.5 Å². The highest BCUT2D eigenvalue weighted by Crippen LogP contribution is 2.36. The summed E-state index contributed by atoms with van der Waals surface area (Å²) in [5.74, 6) is 0.635. The average molecular weight is 368 g/mol. The maximum absolute atomic E-state index is 11.2. The van der Waals surface area contributed by atoms with Crippen LogP contribution in [0, 0.1) is 5.92 Å². The van der Waals surface area contributed by atoms with Crippen LogP contribution in [0.3, 0.4) is 0 Å². The van der Waals surface area contributed by atoms with E-state index in [1.807, 2.05) is 18.2 Å². The second-order valence-electron chi connectivity index (χ2n) is 6.31. The third-order valence-electron chi connectivity index (χ3n) is 4.57. The van der Waals surface area contributed by atoms with Gasteiger partial charge in [-0.2, -0.15) is 8.42 Å². The van der Waals surface area contributed by atoms with Crippen LogP contribution in [-0.4, -0.2) is 66.0 Å². The van der Waals surface area contributed by atoms with Gasteiger partial charge in [-0.3, -0.25) is 4.18 Å². The molecule has 9 heteroatoms. The van der Waals surface area contributed by atoms with E-state index in [1.165, 1.54) is 0 Å². The molecule has 3 aliphatic heterocycles. The number of oxime groups is 1. The molecule has 2 unspecified atom stereocenters. The van der Waals surface area contributed by atoms with E-state index in [0.29, 0.717) is 6.61 Å². The first-order chi connectivity index (χ1) is 12.0. The molecule has 25 heavy (non-hydrogen) atoms. The number of rotatable bonds is 4. The molecule has 3 heterocycles. The minimum Gasteiger partial charge on any atom is -0.492 e. The molecule has 0 aromatic heterocycles. The zero-order valence-corrected chi connectivity index (χ0v) is 14.7. The molecule has 4 rings (SSSR count). The van der Waals surface area contributed by atoms with Crippen molar-refractivity contribution in [3.63, 3.8) is 0 Å². The number of fused-ring (bicyclic) bond motifs is 3. The number of benzene rings is 1. The molecule has 1 aromatic rings. The maximum atomic E-state index is 11.2. The van der Waals surface area contributed by atoms with E-state index < -0.39 is 16.2 Å². The van der Waals surface area contributed by atoms with Gasteiger partial charge in [0.15, 0.2) is 6.10 Å². The van der Waals surface area contributed by atoms with Crippen molar-refractivity contribution >= 4 is 21.5 Å². The predicted octanol–water partition coefficient (Wildman–Crippen LogP) is 0.611. The van der Waals surface area contributed by atoms with Gasteiger partial charge in [-0.15, -0.1) is 0 Å². The van der Waals surface area contributed by atoms with Gasteiger partial charge in [0.2, 0.25) is 0 Å². The Morgan fingerprint density at radius 1 is 1.32 bits per heavy atom. The largest absolute Gasteiger partial charge is 0.492 e. The van der Waals surface area contributed by atoms with E-state index in [2.05, 4.69) is 10.1 Å². The molecule has 0 aliphatic carbocycles. The van der Waals surface area contributed by atoms with Crippen LogP contribution < -0.4 is 9.64 Å². The van der Waals surface area contributed by atoms with E-state index >= 15 is 0 Å². The van der Waals surface area contributed by atoms with Crippen molar-refractivity contribution in [3.8, 4) is 5.75 Å². The molecule has 0 bridgehead atoms. The van der Waals surface area contributed by atoms with E-state index in [9.17, 15) is 8.42 Å². The Kier molecular flexibility index (Phi) is 4.30. The lowest BCUT2D eigenvalue weighted by atomic mass is 9.90. The third-order valence-corrected chi connectivity index (χ3v) is 5.13. The standard InChI is InChI=1S/C16H20N2O6S/c1-25(19,20)23-10-15-13-9-22-14-8-11(18-4-6-21-7-5-18)2-3-12(14)16(13)17-24-15/h2-3,8,13,15H,4-7,9-10H2,1H3. The van der Waals surface area contributed by atoms with Crippen molar-refractivity contribution in [2.24, 2.45) is 11.1 Å². The highest BCUT2D eigenvalue weighted by atomic mass is 32.2. The smallest absolute Gasteiger partial charge is 0.264 e. The molecule has 0 amide bonds. The van der Waals surface area contributed by atoms with Crippen LogP contribution in [0.1, 0.15) is 5.56 Å². The molecule has 3 aliphatic rings. The molecule has 8 nitrogen and oxygen atoms in total. The molecule has 0 saturated carbocycles. The van der Waals surface area contributed by atoms with Gasteiger partial charge in [0, 0.05) is 30.4 Å². The Morgan fingerprint density at radius 2 is 2.12 bits per heavy atom. The molecule has 2 atom stereocenters. The highest BCUT2D eigenvalue weighted by Gasteiger charge is 2.40. The molecule has 1 aromatic carbocycles. The van der Waals surface area contributed by atoms with Crippen LogP contribution in [0.2, 0.25) is 0 Å². The zero-order valence-electron chi connectivity index (χ0n) is 13.9. The number of hydrogen-bond acceptors (Lipinski definition) is 8. The fraction of sp³-hybridized carbons (Fsp3) is 0.562. The summed E-state index contributed by atoms with van der Waals surface area (Å²) < 4.78 is 38.5. The molecule has 0 spiro atoms. The first kappa shape index (κ1) is 16.6. The maximum Gasteiger partial charge on any atom is 0.264 e. The van der Waals surface area contributed by atoms with Gasteiger partial charge in [-0.1, -0.05) is 5.16 Å². The number of nitrogens with zero attached hydrogens (tertiary/aromatic N) is 2. The Labute approximate surface area is 146 Å². The minimum absolute atomic E-state index is 0.0684. The first-order valence-electron chi connectivity index (χ1n) is 8.19. The lowest BCUT2D eigenvalue weighted by Gasteiger charge is -2.31. The SMILES string of the molecule is CS(=O)(=O)OCC1ON=C2c3ccc(N4CCOCC4)cc3OCC21. The van der Waals surface area contributed by atoms with Crippen LogP contribution in [0.15, 0.2) is 23.4 Å². The third kappa shape index (κ3) is 3.44. The van der Waals surface area contributed by atoms with Crippen LogP contribution in [0.5, 0.6) is 5.75 Å². The first-order valence-corrected chi connectivity index (χ1v) is 10.0. The Balaban J connectivity index is 1.51. The lowest BCUT2D eigenvalue weighted by Crippen LogP contribution is -2.37. The second kappa shape index (κ2) is 6.47. The summed E-state index contributed by atoms with van der Waals surface area (Å²) in [7, 11) is -3.52. The van der Waals surface area contributed by atoms with Crippen molar-refractivity contribution in [2.75, 3.05) is 50.7 Å². The molecule has 0 N–H and O–H groups in total. The van der Waals surface area contributed by atoms with Crippen molar-refractivity contribution in [1.82, 2.24) is 0 Å². The molecular formula is C16H20N2O6S. The number of hydrogen-bond donors (Lipinski definition) is 0. The Bertz CT molecular complexity index is 788. The van der Waals surface area contributed by atoms with Gasteiger partial charge in [-0.05, 0) is 12.1 Å². The molecule has 0 radical (unpaired) electrons. The molecule has 1 fully saturated rings. The number of morpholine rings is 1. The summed E-state index contributed by atoms with van der Waals surface area (Å²) in [6.45, 7) is 3.48. The quantitative estimate of drug-likeness (QED) is 0.720. The Hall–Kier alpha value is -1.84. The second-order valence-corrected chi connectivity index (χ2v) is 7.95. The number of anilines is 1. The molecule has 1 saturated heterocycles. The van der Waals surface area contributed by atoms with Gasteiger partial charge in [0.05, 0.1) is 25.4 Å². The van der Waals surface area contributed by atoms with Gasteiger partial charge < -0.3 is 19.2 Å². The van der Waals surface area contributed by atoms with Gasteiger partial charge in [0.25, 0.3) is 10.1 Å². The zero-order chi connectivity index (χ0) is 17.4. The number of ether oxygens (including phenoxy) is 2. The van der Waals surface area contributed by atoms with Crippen molar-refractivity contribution in [2.45, 2.75) is 6.10 Å². The normalized spacial score (nSPS) is 25.5. The summed E-state index contributed by atoms with van der Waals surface area (Å²) >= 11 is 0. The summed E-state index contributed by atoms with van der Waals surface area (Å²) in [5, 5.41) is 4.15. The van der Waals surface area contributed by atoms with E-state index in [1.54, 1.807) is 0 Å². The monoisotopic (exact) mass is 368 g/mol. The fourth-order valence-electron chi connectivity index (χ4n) is 3.25. The minimum atomic E-state index is -3.52. The average Bonchev–Trinajstić information content (AvgIpc) is 3.03. The predicted molar refractivity (Wildman–Crippen MR) is 90.7 cm³/mol. The summed E-state index contributed by atoms with van der Waals surface area (Å²) in [5.41, 5.74) is 2.77. The summed E-state index contributed by atoms with van der Waals surface area (Å²) in [6, 6.07) is 6.03. The van der Waals surface area contributed by atoms with Gasteiger partial charge >= 0.3 is 0 Å². The van der Waals surface area contributed by atoms with Crippen LogP contribution in [-0.2, 0) is 23.9 Å².